The summed E-state index contributed by atoms with van der Waals surface area (Å²) >= 11 is 3.55. The van der Waals surface area contributed by atoms with Crippen molar-refractivity contribution in [2.24, 2.45) is 5.41 Å². The Hall–Kier alpha value is -1.54. The van der Waals surface area contributed by atoms with Gasteiger partial charge in [0.15, 0.2) is 0 Å². The number of anilines is 1. The Morgan fingerprint density at radius 2 is 1.90 bits per heavy atom. The molecule has 0 aliphatic heterocycles. The van der Waals surface area contributed by atoms with Crippen LogP contribution in [0.2, 0.25) is 0 Å². The number of hydrogen-bond donors (Lipinski definition) is 1. The van der Waals surface area contributed by atoms with Crippen LogP contribution >= 0.6 is 15.9 Å². The van der Waals surface area contributed by atoms with Gasteiger partial charge >= 0.3 is 0 Å². The van der Waals surface area contributed by atoms with Crippen molar-refractivity contribution < 1.29 is 9.53 Å². The van der Waals surface area contributed by atoms with Crippen molar-refractivity contribution in [2.75, 3.05) is 12.4 Å². The predicted molar refractivity (Wildman–Crippen MR) is 80.8 cm³/mol. The Morgan fingerprint density at radius 3 is 2.35 bits per heavy atom. The Kier molecular flexibility index (Phi) is 3.79. The summed E-state index contributed by atoms with van der Waals surface area (Å²) in [6.07, 6.45) is 1.26. The number of benzene rings is 1. The number of amides is 1. The summed E-state index contributed by atoms with van der Waals surface area (Å²) in [5.41, 5.74) is 2.77. The summed E-state index contributed by atoms with van der Waals surface area (Å²) in [6, 6.07) is 2.11. The van der Waals surface area contributed by atoms with Gasteiger partial charge in [-0.15, -0.1) is 0 Å². The molecule has 0 aromatic heterocycles. The molecule has 1 amide bonds. The Bertz CT molecular complexity index is 628. The maximum atomic E-state index is 12.3. The minimum atomic E-state index is -0.845. The molecule has 0 radical (unpaired) electrons. The van der Waals surface area contributed by atoms with Gasteiger partial charge in [-0.05, 0) is 50.3 Å². The zero-order valence-corrected chi connectivity index (χ0v) is 13.6. The monoisotopic (exact) mass is 336 g/mol. The molecule has 1 fully saturated rings. The number of ether oxygens (including phenoxy) is 1. The molecule has 5 heteroatoms. The van der Waals surface area contributed by atoms with Crippen LogP contribution in [0, 0.1) is 37.5 Å². The first kappa shape index (κ1) is 14.9. The lowest BCUT2D eigenvalue weighted by Gasteiger charge is -2.20. The van der Waals surface area contributed by atoms with Gasteiger partial charge in [0, 0.05) is 4.47 Å². The fourth-order valence-electron chi connectivity index (χ4n) is 2.24. The molecule has 20 heavy (non-hydrogen) atoms. The highest BCUT2D eigenvalue weighted by Gasteiger charge is 2.51. The first-order chi connectivity index (χ1) is 9.38. The van der Waals surface area contributed by atoms with E-state index in [0.29, 0.717) is 24.3 Å². The molecule has 0 bridgehead atoms. The molecule has 1 N–H and O–H groups in total. The van der Waals surface area contributed by atoms with Gasteiger partial charge in [0.05, 0.1) is 18.9 Å². The third kappa shape index (κ3) is 2.18. The van der Waals surface area contributed by atoms with E-state index in [0.717, 1.165) is 21.2 Å². The summed E-state index contributed by atoms with van der Waals surface area (Å²) in [6.45, 7) is 5.87. The Labute approximate surface area is 127 Å². The lowest BCUT2D eigenvalue weighted by Crippen LogP contribution is -2.24. The number of rotatable bonds is 3. The molecular weight excluding hydrogens is 320 g/mol. The van der Waals surface area contributed by atoms with Gasteiger partial charge < -0.3 is 10.1 Å². The molecular formula is C15H17BrN2O2. The molecule has 0 saturated heterocycles. The second-order valence-electron chi connectivity index (χ2n) is 5.25. The topological polar surface area (TPSA) is 62.1 Å². The Balaban J connectivity index is 2.47. The van der Waals surface area contributed by atoms with Crippen LogP contribution in [0.1, 0.15) is 29.5 Å². The van der Waals surface area contributed by atoms with Crippen LogP contribution in [0.3, 0.4) is 0 Å². The van der Waals surface area contributed by atoms with Crippen molar-refractivity contribution in [1.82, 2.24) is 0 Å². The van der Waals surface area contributed by atoms with Gasteiger partial charge in [-0.25, -0.2) is 0 Å². The van der Waals surface area contributed by atoms with Gasteiger partial charge in [-0.1, -0.05) is 15.9 Å². The highest BCUT2D eigenvalue weighted by Crippen LogP contribution is 2.47. The van der Waals surface area contributed by atoms with E-state index in [-0.39, 0.29) is 5.91 Å². The van der Waals surface area contributed by atoms with Gasteiger partial charge in [0.1, 0.15) is 11.2 Å². The van der Waals surface area contributed by atoms with E-state index in [1.807, 2.05) is 20.8 Å². The molecule has 0 unspecified atom stereocenters. The first-order valence-electron chi connectivity index (χ1n) is 6.44. The lowest BCUT2D eigenvalue weighted by molar-refractivity contribution is -0.119. The average Bonchev–Trinajstić information content (AvgIpc) is 3.24. The zero-order valence-electron chi connectivity index (χ0n) is 12.1. The van der Waals surface area contributed by atoms with E-state index in [1.165, 1.54) is 0 Å². The van der Waals surface area contributed by atoms with Crippen molar-refractivity contribution in [3.8, 4) is 11.8 Å². The zero-order chi connectivity index (χ0) is 15.1. The molecule has 0 spiro atoms. The van der Waals surface area contributed by atoms with E-state index in [2.05, 4.69) is 27.3 Å². The van der Waals surface area contributed by atoms with E-state index in [9.17, 15) is 4.79 Å². The third-order valence-electron chi connectivity index (χ3n) is 4.00. The normalized spacial score (nSPS) is 15.4. The molecule has 1 aliphatic rings. The number of methoxy groups -OCH3 is 1. The quantitative estimate of drug-likeness (QED) is 0.916. The number of hydrogen-bond acceptors (Lipinski definition) is 3. The molecule has 1 aliphatic carbocycles. The van der Waals surface area contributed by atoms with Gasteiger partial charge in [-0.2, -0.15) is 5.26 Å². The summed E-state index contributed by atoms with van der Waals surface area (Å²) in [7, 11) is 1.59. The number of nitrogens with zero attached hydrogens (tertiary/aromatic N) is 1. The summed E-state index contributed by atoms with van der Waals surface area (Å²) in [5, 5.41) is 12.0. The van der Waals surface area contributed by atoms with Gasteiger partial charge in [-0.3, -0.25) is 4.79 Å². The standard InChI is InChI=1S/C15H17BrN2O2/c1-8-9(2)13(20-4)12(10(3)11(8)16)18-14(19)15(7-17)5-6-15/h5-6H2,1-4H3,(H,18,19). The van der Waals surface area contributed by atoms with E-state index in [4.69, 9.17) is 10.00 Å². The third-order valence-corrected chi connectivity index (χ3v) is 5.19. The molecule has 0 heterocycles. The van der Waals surface area contributed by atoms with Crippen molar-refractivity contribution in [2.45, 2.75) is 33.6 Å². The molecule has 1 saturated carbocycles. The number of carbonyl (C=O) groups excluding carboxylic acids is 1. The van der Waals surface area contributed by atoms with Crippen molar-refractivity contribution in [3.63, 3.8) is 0 Å². The van der Waals surface area contributed by atoms with Crippen LogP contribution < -0.4 is 10.1 Å². The minimum absolute atomic E-state index is 0.239. The molecule has 2 rings (SSSR count). The maximum Gasteiger partial charge on any atom is 0.244 e. The van der Waals surface area contributed by atoms with Crippen molar-refractivity contribution >= 4 is 27.5 Å². The van der Waals surface area contributed by atoms with Crippen LogP contribution in [0.5, 0.6) is 5.75 Å². The second-order valence-corrected chi connectivity index (χ2v) is 6.04. The van der Waals surface area contributed by atoms with Gasteiger partial charge in [0.2, 0.25) is 5.91 Å². The van der Waals surface area contributed by atoms with Crippen LogP contribution in [0.25, 0.3) is 0 Å². The first-order valence-corrected chi connectivity index (χ1v) is 7.23. The van der Waals surface area contributed by atoms with Crippen LogP contribution in [0.15, 0.2) is 4.47 Å². The highest BCUT2D eigenvalue weighted by atomic mass is 79.9. The molecule has 1 aromatic rings. The van der Waals surface area contributed by atoms with E-state index >= 15 is 0 Å². The largest absolute Gasteiger partial charge is 0.494 e. The van der Waals surface area contributed by atoms with E-state index in [1.54, 1.807) is 7.11 Å². The molecule has 106 valence electrons. The van der Waals surface area contributed by atoms with E-state index < -0.39 is 5.41 Å². The maximum absolute atomic E-state index is 12.3. The summed E-state index contributed by atoms with van der Waals surface area (Å²) in [5.74, 6) is 0.418. The number of nitriles is 1. The number of halogens is 1. The average molecular weight is 337 g/mol. The van der Waals surface area contributed by atoms with Crippen LogP contribution in [-0.4, -0.2) is 13.0 Å². The highest BCUT2D eigenvalue weighted by molar-refractivity contribution is 9.10. The second kappa shape index (κ2) is 5.10. The molecule has 1 aromatic carbocycles. The van der Waals surface area contributed by atoms with Crippen molar-refractivity contribution in [3.05, 3.63) is 21.2 Å². The van der Waals surface area contributed by atoms with Crippen molar-refractivity contribution in [1.29, 1.82) is 5.26 Å². The van der Waals surface area contributed by atoms with Crippen LogP contribution in [-0.2, 0) is 4.79 Å². The smallest absolute Gasteiger partial charge is 0.244 e. The lowest BCUT2D eigenvalue weighted by atomic mass is 10.0. The van der Waals surface area contributed by atoms with Crippen LogP contribution in [0.4, 0.5) is 5.69 Å². The summed E-state index contributed by atoms with van der Waals surface area (Å²) < 4.78 is 6.39. The Morgan fingerprint density at radius 1 is 1.30 bits per heavy atom. The minimum Gasteiger partial charge on any atom is -0.494 e. The van der Waals surface area contributed by atoms with Gasteiger partial charge in [0.25, 0.3) is 0 Å². The predicted octanol–water partition coefficient (Wildman–Crippen LogP) is 3.63. The fourth-order valence-corrected chi connectivity index (χ4v) is 2.73. The summed E-state index contributed by atoms with van der Waals surface area (Å²) in [4.78, 5) is 12.3. The molecule has 4 nitrogen and oxygen atoms in total. The number of carbonyl (C=O) groups is 1. The molecule has 0 atom stereocenters. The fraction of sp³-hybridized carbons (Fsp3) is 0.467. The SMILES string of the molecule is COc1c(C)c(C)c(Br)c(C)c1NC(=O)C1(C#N)CC1. The number of nitrogens with one attached hydrogen (secondary N) is 1.